The van der Waals surface area contributed by atoms with Crippen LogP contribution in [0.4, 0.5) is 18.0 Å². The van der Waals surface area contributed by atoms with Gasteiger partial charge in [-0.2, -0.15) is 13.2 Å². The lowest BCUT2D eigenvalue weighted by atomic mass is 9.93. The lowest BCUT2D eigenvalue weighted by Crippen LogP contribution is -2.54. The molecule has 1 saturated carbocycles. The number of nitrogens with one attached hydrogen (secondary N) is 1. The van der Waals surface area contributed by atoms with Crippen LogP contribution < -0.4 is 5.32 Å². The minimum absolute atomic E-state index is 0.109. The van der Waals surface area contributed by atoms with Crippen molar-refractivity contribution in [1.29, 1.82) is 0 Å². The summed E-state index contributed by atoms with van der Waals surface area (Å²) < 4.78 is 44.6. The SMILES string of the molecule is CCOC(=O)C1=C(CN2CCN(C(=O)C3CC3)CC2)N(CC)C(=O)NC1c1ccc(C(F)(F)F)cc1. The number of alkyl halides is 3. The summed E-state index contributed by atoms with van der Waals surface area (Å²) >= 11 is 0. The Balaban J connectivity index is 1.64. The van der Waals surface area contributed by atoms with Crippen LogP contribution in [0.5, 0.6) is 0 Å². The van der Waals surface area contributed by atoms with Gasteiger partial charge >= 0.3 is 18.2 Å². The number of ether oxygens (including phenoxy) is 1. The summed E-state index contributed by atoms with van der Waals surface area (Å²) in [5.74, 6) is -0.286. The van der Waals surface area contributed by atoms with Crippen molar-refractivity contribution >= 4 is 17.9 Å². The first-order valence-electron chi connectivity index (χ1n) is 12.3. The second-order valence-corrected chi connectivity index (χ2v) is 9.20. The second-order valence-electron chi connectivity index (χ2n) is 9.20. The first-order valence-corrected chi connectivity index (χ1v) is 12.3. The number of urea groups is 1. The molecule has 2 aliphatic heterocycles. The Morgan fingerprint density at radius 2 is 1.69 bits per heavy atom. The number of likely N-dealkylation sites (N-methyl/N-ethyl adjacent to an activating group) is 1. The summed E-state index contributed by atoms with van der Waals surface area (Å²) in [5.41, 5.74) is 0.206. The molecule has 2 fully saturated rings. The monoisotopic (exact) mass is 508 g/mol. The molecule has 1 saturated heterocycles. The number of piperazine rings is 1. The Hall–Kier alpha value is -3.08. The third-order valence-corrected chi connectivity index (χ3v) is 6.81. The zero-order valence-corrected chi connectivity index (χ0v) is 20.4. The van der Waals surface area contributed by atoms with Gasteiger partial charge in [0.1, 0.15) is 0 Å². The summed E-state index contributed by atoms with van der Waals surface area (Å²) in [5, 5.41) is 2.77. The van der Waals surface area contributed by atoms with Crippen LogP contribution in [-0.4, -0.2) is 78.5 Å². The average Bonchev–Trinajstić information content (AvgIpc) is 3.69. The van der Waals surface area contributed by atoms with Crippen LogP contribution in [0.1, 0.15) is 43.9 Å². The van der Waals surface area contributed by atoms with E-state index in [-0.39, 0.29) is 30.5 Å². The lowest BCUT2D eigenvalue weighted by Gasteiger charge is -2.40. The van der Waals surface area contributed by atoms with E-state index < -0.39 is 29.8 Å². The maximum absolute atomic E-state index is 13.1. The summed E-state index contributed by atoms with van der Waals surface area (Å²) in [6, 6.07) is 3.03. The maximum Gasteiger partial charge on any atom is 0.416 e. The molecular formula is C25H31F3N4O4. The van der Waals surface area contributed by atoms with Gasteiger partial charge in [0.2, 0.25) is 5.91 Å². The number of rotatable bonds is 7. The quantitative estimate of drug-likeness (QED) is 0.573. The third kappa shape index (κ3) is 5.50. The Kier molecular flexibility index (Phi) is 7.58. The number of nitrogens with zero attached hydrogens (tertiary/aromatic N) is 3. The first kappa shape index (κ1) is 26.0. The van der Waals surface area contributed by atoms with Crippen LogP contribution in [0.3, 0.4) is 0 Å². The van der Waals surface area contributed by atoms with Crippen molar-refractivity contribution in [3.8, 4) is 0 Å². The lowest BCUT2D eigenvalue weighted by molar-refractivity contribution is -0.139. The Morgan fingerprint density at radius 1 is 1.06 bits per heavy atom. The standard InChI is InChI=1S/C25H31F3N4O4/c1-3-32-19(15-30-11-13-31(14-12-30)22(33)17-5-6-17)20(23(34)36-4-2)21(29-24(32)35)16-7-9-18(10-8-16)25(26,27)28/h7-10,17,21H,3-6,11-15H2,1-2H3,(H,29,35). The van der Waals surface area contributed by atoms with Crippen molar-refractivity contribution < 1.29 is 32.3 Å². The van der Waals surface area contributed by atoms with E-state index in [4.69, 9.17) is 4.74 Å². The number of amides is 3. The molecule has 196 valence electrons. The highest BCUT2D eigenvalue weighted by molar-refractivity contribution is 5.95. The summed E-state index contributed by atoms with van der Waals surface area (Å²) in [6.45, 7) is 6.44. The molecule has 0 radical (unpaired) electrons. The van der Waals surface area contributed by atoms with Crippen molar-refractivity contribution in [2.45, 2.75) is 38.9 Å². The van der Waals surface area contributed by atoms with E-state index in [0.717, 1.165) is 25.0 Å². The number of carbonyl (C=O) groups is 3. The van der Waals surface area contributed by atoms with Crippen LogP contribution >= 0.6 is 0 Å². The van der Waals surface area contributed by atoms with Gasteiger partial charge in [-0.3, -0.25) is 14.6 Å². The van der Waals surface area contributed by atoms with Crippen molar-refractivity contribution in [1.82, 2.24) is 20.0 Å². The molecule has 1 atom stereocenters. The van der Waals surface area contributed by atoms with Gasteiger partial charge in [0, 0.05) is 50.9 Å². The highest BCUT2D eigenvalue weighted by Crippen LogP contribution is 2.35. The topological polar surface area (TPSA) is 82.2 Å². The summed E-state index contributed by atoms with van der Waals surface area (Å²) in [7, 11) is 0. The average molecular weight is 509 g/mol. The fourth-order valence-electron chi connectivity index (χ4n) is 4.70. The fourth-order valence-corrected chi connectivity index (χ4v) is 4.70. The van der Waals surface area contributed by atoms with E-state index in [2.05, 4.69) is 10.2 Å². The first-order chi connectivity index (χ1) is 17.1. The predicted octanol–water partition coefficient (Wildman–Crippen LogP) is 3.16. The highest BCUT2D eigenvalue weighted by Gasteiger charge is 2.40. The van der Waals surface area contributed by atoms with Crippen LogP contribution in [0.2, 0.25) is 0 Å². The largest absolute Gasteiger partial charge is 0.463 e. The molecule has 1 aromatic carbocycles. The second kappa shape index (κ2) is 10.5. The number of hydrogen-bond acceptors (Lipinski definition) is 5. The molecule has 0 spiro atoms. The van der Waals surface area contributed by atoms with E-state index in [9.17, 15) is 27.6 Å². The third-order valence-electron chi connectivity index (χ3n) is 6.81. The van der Waals surface area contributed by atoms with Crippen LogP contribution in [0.25, 0.3) is 0 Å². The van der Waals surface area contributed by atoms with Crippen molar-refractivity contribution in [3.63, 3.8) is 0 Å². The molecule has 36 heavy (non-hydrogen) atoms. The van der Waals surface area contributed by atoms with E-state index in [1.807, 2.05) is 4.90 Å². The molecule has 0 aromatic heterocycles. The zero-order valence-electron chi connectivity index (χ0n) is 20.4. The van der Waals surface area contributed by atoms with Gasteiger partial charge in [-0.25, -0.2) is 9.59 Å². The van der Waals surface area contributed by atoms with Gasteiger partial charge in [0.15, 0.2) is 0 Å². The molecule has 11 heteroatoms. The molecule has 1 N–H and O–H groups in total. The van der Waals surface area contributed by atoms with Crippen molar-refractivity contribution in [3.05, 3.63) is 46.7 Å². The van der Waals surface area contributed by atoms with Crippen LogP contribution in [0, 0.1) is 5.92 Å². The predicted molar refractivity (Wildman–Crippen MR) is 124 cm³/mol. The van der Waals surface area contributed by atoms with Crippen LogP contribution in [0.15, 0.2) is 35.5 Å². The van der Waals surface area contributed by atoms with Crippen molar-refractivity contribution in [2.24, 2.45) is 5.92 Å². The van der Waals surface area contributed by atoms with Gasteiger partial charge < -0.3 is 15.0 Å². The van der Waals surface area contributed by atoms with E-state index >= 15 is 0 Å². The fraction of sp³-hybridized carbons (Fsp3) is 0.560. The number of halogens is 3. The molecule has 1 aromatic rings. The molecule has 1 unspecified atom stereocenters. The summed E-state index contributed by atoms with van der Waals surface area (Å²) in [6.07, 6.45) is -2.61. The smallest absolute Gasteiger partial charge is 0.416 e. The molecule has 1 aliphatic carbocycles. The minimum Gasteiger partial charge on any atom is -0.463 e. The maximum atomic E-state index is 13.1. The zero-order chi connectivity index (χ0) is 26.0. The molecule has 0 bridgehead atoms. The highest BCUT2D eigenvalue weighted by atomic mass is 19.4. The van der Waals surface area contributed by atoms with Crippen LogP contribution in [-0.2, 0) is 20.5 Å². The molecule has 8 nitrogen and oxygen atoms in total. The van der Waals surface area contributed by atoms with Gasteiger partial charge in [-0.05, 0) is 44.4 Å². The number of hydrogen-bond donors (Lipinski definition) is 1. The molecule has 4 rings (SSSR count). The number of carbonyl (C=O) groups excluding carboxylic acids is 3. The molecule has 2 heterocycles. The molecule has 3 amide bonds. The Labute approximate surface area is 208 Å². The van der Waals surface area contributed by atoms with E-state index in [1.165, 1.54) is 17.0 Å². The number of esters is 1. The van der Waals surface area contributed by atoms with Gasteiger partial charge in [-0.1, -0.05) is 12.1 Å². The number of benzene rings is 1. The molecule has 3 aliphatic rings. The van der Waals surface area contributed by atoms with Crippen molar-refractivity contribution in [2.75, 3.05) is 45.9 Å². The normalized spacial score (nSPS) is 21.5. The van der Waals surface area contributed by atoms with Gasteiger partial charge in [0.05, 0.1) is 23.8 Å². The Morgan fingerprint density at radius 3 is 2.22 bits per heavy atom. The molecular weight excluding hydrogens is 477 g/mol. The van der Waals surface area contributed by atoms with E-state index in [1.54, 1.807) is 13.8 Å². The van der Waals surface area contributed by atoms with Gasteiger partial charge in [-0.15, -0.1) is 0 Å². The van der Waals surface area contributed by atoms with Gasteiger partial charge in [0.25, 0.3) is 0 Å². The van der Waals surface area contributed by atoms with E-state index in [0.29, 0.717) is 44.0 Å². The Bertz CT molecular complexity index is 1030. The minimum atomic E-state index is -4.50. The summed E-state index contributed by atoms with van der Waals surface area (Å²) in [4.78, 5) is 44.0.